The molecule has 1 atom stereocenters. The van der Waals surface area contributed by atoms with Crippen molar-refractivity contribution in [3.63, 3.8) is 0 Å². The van der Waals surface area contributed by atoms with Crippen molar-refractivity contribution in [3.05, 3.63) is 0 Å². The molecule has 1 unspecified atom stereocenters. The van der Waals surface area contributed by atoms with Gasteiger partial charge in [0.25, 0.3) is 0 Å². The number of rotatable bonds is 7. The van der Waals surface area contributed by atoms with E-state index < -0.39 is 7.67 Å². The van der Waals surface area contributed by atoms with Crippen LogP contribution in [0, 0.1) is 0 Å². The molecule has 1 rings (SSSR count). The summed E-state index contributed by atoms with van der Waals surface area (Å²) in [7, 11) is -1.54. The van der Waals surface area contributed by atoms with Gasteiger partial charge >= 0.3 is 7.67 Å². The Labute approximate surface area is 126 Å². The molecule has 0 aromatic heterocycles. The van der Waals surface area contributed by atoms with Gasteiger partial charge in [0.1, 0.15) is 0 Å². The van der Waals surface area contributed by atoms with E-state index in [9.17, 15) is 4.57 Å². The van der Waals surface area contributed by atoms with Gasteiger partial charge in [-0.3, -0.25) is 4.57 Å². The molecule has 0 saturated carbocycles. The highest BCUT2D eigenvalue weighted by atomic mass is 35.5. The minimum Gasteiger partial charge on any atom is -0.379 e. The third kappa shape index (κ3) is 5.88. The summed E-state index contributed by atoms with van der Waals surface area (Å²) in [6, 6.07) is 0. The van der Waals surface area contributed by atoms with E-state index in [0.29, 0.717) is 51.2 Å². The summed E-state index contributed by atoms with van der Waals surface area (Å²) in [6.45, 7) is 7.34. The first kappa shape index (κ1) is 19.7. The summed E-state index contributed by atoms with van der Waals surface area (Å²) in [5.41, 5.74) is 0. The first-order valence-corrected chi connectivity index (χ1v) is 9.15. The summed E-state index contributed by atoms with van der Waals surface area (Å²) in [5.74, 6) is 0.795. The Morgan fingerprint density at radius 1 is 1.21 bits per heavy atom. The minimum absolute atomic E-state index is 0.397. The topological polar surface area (TPSA) is 42.0 Å². The maximum absolute atomic E-state index is 12.9. The second kappa shape index (κ2) is 11.3. The smallest absolute Gasteiger partial charge is 0.346 e. The van der Waals surface area contributed by atoms with E-state index in [1.807, 2.05) is 18.5 Å². The number of ether oxygens (including phenoxy) is 1. The Morgan fingerprint density at radius 3 is 2.05 bits per heavy atom. The fourth-order valence-corrected chi connectivity index (χ4v) is 4.61. The lowest BCUT2D eigenvalue weighted by Crippen LogP contribution is -2.40. The van der Waals surface area contributed by atoms with E-state index in [0.717, 1.165) is 0 Å². The number of nitrogens with zero attached hydrogens (tertiary/aromatic N) is 2. The Bertz CT molecular complexity index is 260. The normalized spacial score (nSPS) is 19.7. The zero-order chi connectivity index (χ0) is 14.7. The van der Waals surface area contributed by atoms with Crippen molar-refractivity contribution in [3.8, 4) is 0 Å². The Hall–Kier alpha value is 0.650. The molecule has 8 heteroatoms. The van der Waals surface area contributed by atoms with Crippen molar-refractivity contribution in [2.75, 3.05) is 58.3 Å². The number of alkyl halides is 2. The predicted octanol–water partition coefficient (Wildman–Crippen LogP) is 2.88. The molecule has 116 valence electrons. The Balaban J connectivity index is 0.00000154. The highest BCUT2D eigenvalue weighted by Crippen LogP contribution is 2.53. The number of hydrogen-bond acceptors (Lipinski definition) is 3. The molecule has 0 bridgehead atoms. The van der Waals surface area contributed by atoms with Gasteiger partial charge in [0.15, 0.2) is 0 Å². The molecule has 0 amide bonds. The van der Waals surface area contributed by atoms with Crippen LogP contribution in [-0.2, 0) is 13.8 Å². The molecule has 0 N–H and O–H groups in total. The number of halogens is 2. The van der Waals surface area contributed by atoms with Crippen LogP contribution in [0.4, 0.5) is 0 Å². The third-order valence-electron chi connectivity index (χ3n) is 2.63. The molecule has 19 heavy (non-hydrogen) atoms. The van der Waals surface area contributed by atoms with Gasteiger partial charge in [-0.05, 0) is 0 Å². The van der Waals surface area contributed by atoms with Gasteiger partial charge in [-0.25, -0.2) is 9.34 Å². The monoisotopic (exact) mass is 334 g/mol. The first-order valence-electron chi connectivity index (χ1n) is 6.55. The second-order valence-electron chi connectivity index (χ2n) is 3.57. The summed E-state index contributed by atoms with van der Waals surface area (Å²) in [4.78, 5) is 0. The lowest BCUT2D eigenvalue weighted by molar-refractivity contribution is 0.0609. The summed E-state index contributed by atoms with van der Waals surface area (Å²) < 4.78 is 27.0. The molecule has 0 radical (unpaired) electrons. The van der Waals surface area contributed by atoms with Gasteiger partial charge in [-0.1, -0.05) is 13.8 Å². The van der Waals surface area contributed by atoms with Crippen molar-refractivity contribution in [2.45, 2.75) is 13.8 Å². The molecule has 0 aromatic carbocycles. The highest BCUT2D eigenvalue weighted by molar-refractivity contribution is 7.53. The van der Waals surface area contributed by atoms with E-state index >= 15 is 0 Å². The van der Waals surface area contributed by atoms with Crippen LogP contribution in [0.1, 0.15) is 13.8 Å². The van der Waals surface area contributed by atoms with Crippen molar-refractivity contribution >= 4 is 30.9 Å². The van der Waals surface area contributed by atoms with Crippen LogP contribution in [-0.4, -0.2) is 67.6 Å². The zero-order valence-corrected chi connectivity index (χ0v) is 14.4. The highest BCUT2D eigenvalue weighted by Gasteiger charge is 2.37. The fourth-order valence-electron chi connectivity index (χ4n) is 1.78. The van der Waals surface area contributed by atoms with Crippen molar-refractivity contribution in [2.24, 2.45) is 0 Å². The molecule has 1 aliphatic heterocycles. The largest absolute Gasteiger partial charge is 0.379 e. The van der Waals surface area contributed by atoms with Crippen molar-refractivity contribution in [1.82, 2.24) is 9.34 Å². The van der Waals surface area contributed by atoms with Crippen molar-refractivity contribution in [1.29, 1.82) is 0 Å². The van der Waals surface area contributed by atoms with Gasteiger partial charge in [0, 0.05) is 45.0 Å². The SMILES string of the molecule is CC.COP(=O)(N(CCCl)CCCl)N1CCOCC1. The van der Waals surface area contributed by atoms with Gasteiger partial charge in [0.05, 0.1) is 13.2 Å². The van der Waals surface area contributed by atoms with Crippen LogP contribution in [0.5, 0.6) is 0 Å². The van der Waals surface area contributed by atoms with Gasteiger partial charge in [0.2, 0.25) is 0 Å². The third-order valence-corrected chi connectivity index (χ3v) is 5.67. The standard InChI is InChI=1S/C9H19Cl2N2O3P.C2H6/c1-15-17(14,12(4-2-10)5-3-11)13-6-8-16-9-7-13;1-2/h2-9H2,1H3;1-2H3. The first-order chi connectivity index (χ1) is 9.19. The van der Waals surface area contributed by atoms with E-state index in [1.54, 1.807) is 4.67 Å². The van der Waals surface area contributed by atoms with E-state index in [4.69, 9.17) is 32.5 Å². The summed E-state index contributed by atoms with van der Waals surface area (Å²) in [5, 5.41) is 0. The van der Waals surface area contributed by atoms with Crippen molar-refractivity contribution < 1.29 is 13.8 Å². The quantitative estimate of drug-likeness (QED) is 0.529. The summed E-state index contributed by atoms with van der Waals surface area (Å²) in [6.07, 6.45) is 0. The Kier molecular flexibility index (Phi) is 11.7. The van der Waals surface area contributed by atoms with Crippen LogP contribution >= 0.6 is 30.9 Å². The molecular weight excluding hydrogens is 310 g/mol. The van der Waals surface area contributed by atoms with Crippen LogP contribution in [0.3, 0.4) is 0 Å². The maximum Gasteiger partial charge on any atom is 0.346 e. The average Bonchev–Trinajstić information content (AvgIpc) is 2.49. The van der Waals surface area contributed by atoms with Gasteiger partial charge in [-0.2, -0.15) is 0 Å². The Morgan fingerprint density at radius 2 is 1.68 bits per heavy atom. The average molecular weight is 335 g/mol. The molecule has 0 aliphatic carbocycles. The fraction of sp³-hybridized carbons (Fsp3) is 1.00. The minimum atomic E-state index is -3.00. The van der Waals surface area contributed by atoms with Crippen LogP contribution in [0.25, 0.3) is 0 Å². The predicted molar refractivity (Wildman–Crippen MR) is 81.4 cm³/mol. The van der Waals surface area contributed by atoms with E-state index in [-0.39, 0.29) is 0 Å². The maximum atomic E-state index is 12.9. The lowest BCUT2D eigenvalue weighted by atomic mass is 10.5. The molecular formula is C11H25Cl2N2O3P. The molecule has 1 aliphatic rings. The molecule has 1 heterocycles. The van der Waals surface area contributed by atoms with Crippen LogP contribution in [0.2, 0.25) is 0 Å². The van der Waals surface area contributed by atoms with Crippen LogP contribution in [0.15, 0.2) is 0 Å². The molecule has 1 saturated heterocycles. The van der Waals surface area contributed by atoms with E-state index in [2.05, 4.69) is 0 Å². The summed E-state index contributed by atoms with van der Waals surface area (Å²) >= 11 is 11.5. The molecule has 0 aromatic rings. The number of hydrogen-bond donors (Lipinski definition) is 0. The lowest BCUT2D eigenvalue weighted by Gasteiger charge is -2.38. The number of morpholine rings is 1. The molecule has 0 spiro atoms. The molecule has 5 nitrogen and oxygen atoms in total. The van der Waals surface area contributed by atoms with Gasteiger partial charge in [-0.15, -0.1) is 23.2 Å². The van der Waals surface area contributed by atoms with Crippen LogP contribution < -0.4 is 0 Å². The second-order valence-corrected chi connectivity index (χ2v) is 6.80. The zero-order valence-electron chi connectivity index (χ0n) is 12.0. The van der Waals surface area contributed by atoms with Gasteiger partial charge < -0.3 is 9.26 Å². The molecule has 1 fully saturated rings. The van der Waals surface area contributed by atoms with E-state index in [1.165, 1.54) is 7.11 Å².